The van der Waals surface area contributed by atoms with Crippen molar-refractivity contribution in [2.75, 3.05) is 5.32 Å². The Balaban J connectivity index is 1.53. The summed E-state index contributed by atoms with van der Waals surface area (Å²) < 4.78 is 1.57. The molecule has 1 aromatic carbocycles. The second-order valence-corrected chi connectivity index (χ2v) is 8.15. The second kappa shape index (κ2) is 4.71. The summed E-state index contributed by atoms with van der Waals surface area (Å²) in [5.74, 6) is 2.27. The van der Waals surface area contributed by atoms with Crippen molar-refractivity contribution in [2.24, 2.45) is 30.2 Å². The summed E-state index contributed by atoms with van der Waals surface area (Å²) in [6, 6.07) is 7.52. The molecule has 1 amide bonds. The molecule has 0 radical (unpaired) electrons. The molecule has 4 heteroatoms. The van der Waals surface area contributed by atoms with Crippen LogP contribution >= 0.6 is 0 Å². The Kier molecular flexibility index (Phi) is 2.80. The molecule has 124 valence electrons. The van der Waals surface area contributed by atoms with Crippen molar-refractivity contribution >= 4 is 22.4 Å². The topological polar surface area (TPSA) is 51.1 Å². The van der Waals surface area contributed by atoms with Crippen molar-refractivity contribution in [3.8, 4) is 0 Å². The fraction of sp³-hybridized carbons (Fsp3) is 0.500. The van der Waals surface area contributed by atoms with E-state index >= 15 is 0 Å². The van der Waals surface area contributed by atoms with Gasteiger partial charge in [-0.05, 0) is 68.1 Å². The van der Waals surface area contributed by atoms with Crippen LogP contribution < -0.4 is 10.9 Å². The van der Waals surface area contributed by atoms with Gasteiger partial charge in [-0.25, -0.2) is 0 Å². The fourth-order valence-corrected chi connectivity index (χ4v) is 5.90. The number of pyridine rings is 1. The fourth-order valence-electron chi connectivity index (χ4n) is 5.90. The summed E-state index contributed by atoms with van der Waals surface area (Å²) in [6.45, 7) is 0. The van der Waals surface area contributed by atoms with E-state index in [9.17, 15) is 9.59 Å². The molecule has 0 aliphatic heterocycles. The van der Waals surface area contributed by atoms with Crippen molar-refractivity contribution in [2.45, 2.75) is 32.1 Å². The van der Waals surface area contributed by atoms with Crippen LogP contribution in [0.2, 0.25) is 0 Å². The maximum absolute atomic E-state index is 13.2. The average molecular weight is 322 g/mol. The van der Waals surface area contributed by atoms with Crippen molar-refractivity contribution in [1.82, 2.24) is 4.57 Å². The molecular weight excluding hydrogens is 300 g/mol. The molecule has 1 aromatic heterocycles. The van der Waals surface area contributed by atoms with Gasteiger partial charge in [0.25, 0.3) is 5.56 Å². The number of aryl methyl sites for hydroxylation is 1. The Labute approximate surface area is 140 Å². The quantitative estimate of drug-likeness (QED) is 0.922. The third-order valence-corrected chi connectivity index (χ3v) is 6.81. The number of rotatable bonds is 2. The lowest BCUT2D eigenvalue weighted by Crippen LogP contribution is -2.37. The number of amides is 1. The molecule has 24 heavy (non-hydrogen) atoms. The van der Waals surface area contributed by atoms with Crippen LogP contribution in [0.15, 0.2) is 35.3 Å². The van der Waals surface area contributed by atoms with E-state index in [2.05, 4.69) is 5.32 Å². The van der Waals surface area contributed by atoms with Gasteiger partial charge in [0.05, 0.1) is 5.41 Å². The van der Waals surface area contributed by atoms with Gasteiger partial charge in [-0.2, -0.15) is 0 Å². The van der Waals surface area contributed by atoms with Crippen molar-refractivity contribution in [3.05, 3.63) is 40.8 Å². The van der Waals surface area contributed by atoms with Crippen LogP contribution in [0.3, 0.4) is 0 Å². The molecule has 4 aliphatic carbocycles. The van der Waals surface area contributed by atoms with Crippen LogP contribution in [-0.4, -0.2) is 10.5 Å². The number of aromatic nitrogens is 1. The van der Waals surface area contributed by atoms with E-state index in [1.807, 2.05) is 24.3 Å². The van der Waals surface area contributed by atoms with E-state index in [1.165, 1.54) is 19.3 Å². The van der Waals surface area contributed by atoms with Crippen molar-refractivity contribution in [1.29, 1.82) is 0 Å². The zero-order valence-electron chi connectivity index (χ0n) is 13.9. The standard InChI is InChI=1S/C20H22N2O2/c1-22-6-5-15-16(18(22)23)3-2-4-17(15)21-19(24)20-10-12-7-13(11-20)9-14(20)8-12/h2-6,12-14H,7-11H2,1H3,(H,21,24)/t12-,13+,14?,20?. The number of nitrogens with zero attached hydrogens (tertiary/aromatic N) is 1. The molecule has 4 saturated carbocycles. The summed E-state index contributed by atoms with van der Waals surface area (Å²) in [7, 11) is 1.75. The zero-order chi connectivity index (χ0) is 16.5. The third-order valence-electron chi connectivity index (χ3n) is 6.81. The first-order valence-corrected chi connectivity index (χ1v) is 8.97. The zero-order valence-corrected chi connectivity index (χ0v) is 13.9. The summed E-state index contributed by atoms with van der Waals surface area (Å²) in [5, 5.41) is 4.69. The SMILES string of the molecule is Cn1ccc2c(NC(=O)C34C[C@@H]5CC3C[C@@H](C5)C4)cccc2c1=O. The number of hydrogen-bond donors (Lipinski definition) is 1. The molecule has 1 N–H and O–H groups in total. The number of carbonyl (C=O) groups excluding carboxylic acids is 1. The highest BCUT2D eigenvalue weighted by Crippen LogP contribution is 2.65. The van der Waals surface area contributed by atoms with Crippen molar-refractivity contribution < 1.29 is 4.79 Å². The summed E-state index contributed by atoms with van der Waals surface area (Å²) >= 11 is 0. The van der Waals surface area contributed by atoms with Crippen LogP contribution in [-0.2, 0) is 11.8 Å². The van der Waals surface area contributed by atoms with Gasteiger partial charge in [0.1, 0.15) is 0 Å². The highest BCUT2D eigenvalue weighted by atomic mass is 16.2. The molecule has 2 aromatic rings. The van der Waals surface area contributed by atoms with Gasteiger partial charge < -0.3 is 9.88 Å². The van der Waals surface area contributed by atoms with Crippen molar-refractivity contribution in [3.63, 3.8) is 0 Å². The maximum atomic E-state index is 13.2. The average Bonchev–Trinajstić information content (AvgIpc) is 2.97. The molecule has 4 atom stereocenters. The molecule has 6 rings (SSSR count). The van der Waals surface area contributed by atoms with E-state index in [4.69, 9.17) is 0 Å². The second-order valence-electron chi connectivity index (χ2n) is 8.15. The highest BCUT2D eigenvalue weighted by molar-refractivity contribution is 6.04. The molecule has 2 unspecified atom stereocenters. The van der Waals surface area contributed by atoms with Gasteiger partial charge in [-0.3, -0.25) is 9.59 Å². The third kappa shape index (κ3) is 1.80. The Morgan fingerprint density at radius 3 is 2.62 bits per heavy atom. The maximum Gasteiger partial charge on any atom is 0.258 e. The summed E-state index contributed by atoms with van der Waals surface area (Å²) in [5.41, 5.74) is 0.605. The summed E-state index contributed by atoms with van der Waals surface area (Å²) in [6.07, 6.45) is 7.69. The minimum atomic E-state index is -0.143. The predicted molar refractivity (Wildman–Crippen MR) is 93.8 cm³/mol. The lowest BCUT2D eigenvalue weighted by atomic mass is 9.75. The van der Waals surface area contributed by atoms with Crippen LogP contribution in [0.4, 0.5) is 5.69 Å². The van der Waals surface area contributed by atoms with Crippen LogP contribution in [0, 0.1) is 23.2 Å². The molecular formula is C20H22N2O2. The minimum Gasteiger partial charge on any atom is -0.325 e. The molecule has 4 aliphatic rings. The molecule has 0 spiro atoms. The minimum absolute atomic E-state index is 0.0254. The Bertz CT molecular complexity index is 899. The van der Waals surface area contributed by atoms with Crippen LogP contribution in [0.25, 0.3) is 10.8 Å². The smallest absolute Gasteiger partial charge is 0.258 e. The lowest BCUT2D eigenvalue weighted by molar-refractivity contribution is -0.127. The highest BCUT2D eigenvalue weighted by Gasteiger charge is 2.61. The number of nitrogens with one attached hydrogen (secondary N) is 1. The van der Waals surface area contributed by atoms with E-state index in [-0.39, 0.29) is 16.9 Å². The van der Waals surface area contributed by atoms with Gasteiger partial charge in [0.15, 0.2) is 0 Å². The predicted octanol–water partition coefficient (Wildman–Crippen LogP) is 3.30. The van der Waals surface area contributed by atoms with Crippen LogP contribution in [0.5, 0.6) is 0 Å². The number of anilines is 1. The lowest BCUT2D eigenvalue weighted by Gasteiger charge is -2.31. The van der Waals surface area contributed by atoms with Gasteiger partial charge >= 0.3 is 0 Å². The molecule has 1 heterocycles. The molecule has 4 bridgehead atoms. The normalized spacial score (nSPS) is 33.3. The molecule has 0 saturated heterocycles. The first-order chi connectivity index (χ1) is 11.6. The van der Waals surface area contributed by atoms with Gasteiger partial charge in [0.2, 0.25) is 5.91 Å². The molecule has 4 fully saturated rings. The van der Waals surface area contributed by atoms with E-state index in [0.717, 1.165) is 35.8 Å². The Morgan fingerprint density at radius 2 is 1.88 bits per heavy atom. The first-order valence-electron chi connectivity index (χ1n) is 8.97. The number of hydrogen-bond acceptors (Lipinski definition) is 2. The van der Waals surface area contributed by atoms with E-state index < -0.39 is 0 Å². The summed E-state index contributed by atoms with van der Waals surface area (Å²) in [4.78, 5) is 25.5. The van der Waals surface area contributed by atoms with E-state index in [0.29, 0.717) is 11.3 Å². The number of carbonyl (C=O) groups is 1. The largest absolute Gasteiger partial charge is 0.325 e. The number of fused-ring (bicyclic) bond motifs is 1. The van der Waals surface area contributed by atoms with Gasteiger partial charge in [-0.15, -0.1) is 0 Å². The van der Waals surface area contributed by atoms with Gasteiger partial charge in [0, 0.05) is 29.7 Å². The Hall–Kier alpha value is -2.10. The molecule has 4 nitrogen and oxygen atoms in total. The monoisotopic (exact) mass is 322 g/mol. The van der Waals surface area contributed by atoms with Crippen LogP contribution in [0.1, 0.15) is 32.1 Å². The van der Waals surface area contributed by atoms with Gasteiger partial charge in [-0.1, -0.05) is 6.07 Å². The Morgan fingerprint density at radius 1 is 1.12 bits per heavy atom. The van der Waals surface area contributed by atoms with E-state index in [1.54, 1.807) is 17.8 Å². The first kappa shape index (κ1) is 14.3. The number of benzene rings is 1.